The third-order valence-corrected chi connectivity index (χ3v) is 5.05. The Bertz CT molecular complexity index is 779. The van der Waals surface area contributed by atoms with Crippen LogP contribution in [0.4, 0.5) is 5.69 Å². The minimum absolute atomic E-state index is 0.0764. The summed E-state index contributed by atoms with van der Waals surface area (Å²) in [5.41, 5.74) is 3.81. The van der Waals surface area contributed by atoms with Crippen molar-refractivity contribution in [3.05, 3.63) is 58.6 Å². The molecule has 1 atom stereocenters. The van der Waals surface area contributed by atoms with Gasteiger partial charge >= 0.3 is 0 Å². The molecular formula is C19H19Cl3N2O. The molecule has 6 heteroatoms. The molecule has 2 aromatic carbocycles. The van der Waals surface area contributed by atoms with Gasteiger partial charge in [0.1, 0.15) is 5.75 Å². The van der Waals surface area contributed by atoms with Gasteiger partial charge in [-0.25, -0.2) is 0 Å². The van der Waals surface area contributed by atoms with Crippen LogP contribution in [0.5, 0.6) is 5.75 Å². The van der Waals surface area contributed by atoms with Crippen LogP contribution in [0.3, 0.4) is 0 Å². The molecule has 25 heavy (non-hydrogen) atoms. The Morgan fingerprint density at radius 1 is 1.16 bits per heavy atom. The average Bonchev–Trinajstić information content (AvgIpc) is 2.78. The molecule has 0 radical (unpaired) electrons. The fourth-order valence-corrected chi connectivity index (χ4v) is 3.74. The molecule has 0 bridgehead atoms. The smallest absolute Gasteiger partial charge is 0.128 e. The number of anilines is 1. The highest BCUT2D eigenvalue weighted by molar-refractivity contribution is 6.31. The number of halogens is 3. The van der Waals surface area contributed by atoms with Crippen molar-refractivity contribution in [1.29, 1.82) is 0 Å². The summed E-state index contributed by atoms with van der Waals surface area (Å²) in [5, 5.41) is 0.663. The third kappa shape index (κ3) is 3.74. The number of fused-ring (bicyclic) bond motifs is 1. The topological polar surface area (TPSA) is 24.8 Å². The van der Waals surface area contributed by atoms with E-state index in [1.807, 2.05) is 42.5 Å². The van der Waals surface area contributed by atoms with Crippen molar-refractivity contribution in [2.75, 3.05) is 36.9 Å². The first-order valence-electron chi connectivity index (χ1n) is 8.06. The number of benzodiazepines with no additional fused rings is 1. The van der Waals surface area contributed by atoms with Crippen LogP contribution in [0, 0.1) is 0 Å². The van der Waals surface area contributed by atoms with Gasteiger partial charge in [0.15, 0.2) is 0 Å². The summed E-state index contributed by atoms with van der Waals surface area (Å²) >= 11 is 18.6. The first-order chi connectivity index (χ1) is 12.2. The van der Waals surface area contributed by atoms with Crippen LogP contribution in [0.25, 0.3) is 0 Å². The van der Waals surface area contributed by atoms with Crippen molar-refractivity contribution < 1.29 is 4.74 Å². The maximum absolute atomic E-state index is 6.29. The second-order valence-corrected chi connectivity index (χ2v) is 6.86. The lowest BCUT2D eigenvalue weighted by Gasteiger charge is -2.31. The number of para-hydroxylation sites is 1. The van der Waals surface area contributed by atoms with Crippen molar-refractivity contribution in [3.63, 3.8) is 0 Å². The Labute approximate surface area is 163 Å². The minimum atomic E-state index is 0.0764. The number of aliphatic imine (C=N–C) groups is 1. The largest absolute Gasteiger partial charge is 0.496 e. The maximum atomic E-state index is 6.29. The summed E-state index contributed by atoms with van der Waals surface area (Å²) in [6.45, 7) is 1.28. The van der Waals surface area contributed by atoms with Crippen LogP contribution in [0.2, 0.25) is 5.02 Å². The molecule has 0 amide bonds. The van der Waals surface area contributed by atoms with E-state index in [-0.39, 0.29) is 6.04 Å². The highest BCUT2D eigenvalue weighted by Crippen LogP contribution is 2.33. The van der Waals surface area contributed by atoms with Gasteiger partial charge in [0.25, 0.3) is 0 Å². The monoisotopic (exact) mass is 396 g/mol. The standard InChI is InChI=1S/C19H19Cl3N2O/c1-25-18-5-3-2-4-15(18)19-16-10-13(22)6-7-17(16)24(9-8-20)14(11-21)12-23-19/h2-7,10,14H,8-9,11-12H2,1H3. The van der Waals surface area contributed by atoms with E-state index in [0.717, 1.165) is 28.3 Å². The Morgan fingerprint density at radius 2 is 1.96 bits per heavy atom. The number of methoxy groups -OCH3 is 1. The Hall–Kier alpha value is -1.42. The number of rotatable bonds is 5. The molecule has 1 heterocycles. The quantitative estimate of drug-likeness (QED) is 0.674. The van der Waals surface area contributed by atoms with Crippen LogP contribution in [0.15, 0.2) is 47.5 Å². The van der Waals surface area contributed by atoms with E-state index in [1.165, 1.54) is 0 Å². The van der Waals surface area contributed by atoms with Gasteiger partial charge in [0.05, 0.1) is 25.4 Å². The summed E-state index contributed by atoms with van der Waals surface area (Å²) < 4.78 is 5.54. The lowest BCUT2D eigenvalue weighted by Crippen LogP contribution is -2.40. The van der Waals surface area contributed by atoms with Gasteiger partial charge in [-0.3, -0.25) is 4.99 Å². The SMILES string of the molecule is COc1ccccc1C1=NCC(CCl)N(CCCl)c2ccc(Cl)cc21. The fraction of sp³-hybridized carbons (Fsp3) is 0.316. The van der Waals surface area contributed by atoms with Crippen molar-refractivity contribution in [1.82, 2.24) is 0 Å². The second kappa shape index (κ2) is 8.31. The first kappa shape index (κ1) is 18.4. The lowest BCUT2D eigenvalue weighted by atomic mass is 9.99. The molecule has 3 nitrogen and oxygen atoms in total. The highest BCUT2D eigenvalue weighted by Gasteiger charge is 2.27. The molecule has 0 spiro atoms. The highest BCUT2D eigenvalue weighted by atomic mass is 35.5. The number of ether oxygens (including phenoxy) is 1. The van der Waals surface area contributed by atoms with Crippen LogP contribution in [-0.2, 0) is 0 Å². The predicted molar refractivity (Wildman–Crippen MR) is 108 cm³/mol. The van der Waals surface area contributed by atoms with Gasteiger partial charge in [-0.15, -0.1) is 23.2 Å². The van der Waals surface area contributed by atoms with Gasteiger partial charge in [-0.1, -0.05) is 23.7 Å². The Balaban J connectivity index is 2.20. The first-order valence-corrected chi connectivity index (χ1v) is 9.50. The summed E-state index contributed by atoms with van der Waals surface area (Å²) in [6, 6.07) is 13.8. The number of alkyl halides is 2. The van der Waals surface area contributed by atoms with Gasteiger partial charge in [-0.05, 0) is 30.3 Å². The molecule has 1 aliphatic rings. The van der Waals surface area contributed by atoms with E-state index >= 15 is 0 Å². The molecule has 0 fully saturated rings. The molecule has 0 aliphatic carbocycles. The molecule has 0 saturated heterocycles. The Kier molecular flexibility index (Phi) is 6.10. The van der Waals surface area contributed by atoms with Crippen LogP contribution in [0.1, 0.15) is 11.1 Å². The number of nitrogens with zero attached hydrogens (tertiary/aromatic N) is 2. The number of hydrogen-bond acceptors (Lipinski definition) is 3. The van der Waals surface area contributed by atoms with Gasteiger partial charge in [0, 0.05) is 40.1 Å². The molecule has 132 valence electrons. The zero-order valence-electron chi connectivity index (χ0n) is 13.9. The van der Waals surface area contributed by atoms with Crippen molar-refractivity contribution in [3.8, 4) is 5.75 Å². The normalized spacial score (nSPS) is 16.9. The van der Waals surface area contributed by atoms with Gasteiger partial charge < -0.3 is 9.64 Å². The zero-order chi connectivity index (χ0) is 17.8. The second-order valence-electron chi connectivity index (χ2n) is 5.74. The molecule has 3 rings (SSSR count). The van der Waals surface area contributed by atoms with E-state index in [0.29, 0.717) is 29.9 Å². The molecule has 0 saturated carbocycles. The van der Waals surface area contributed by atoms with Crippen LogP contribution < -0.4 is 9.64 Å². The maximum Gasteiger partial charge on any atom is 0.128 e. The van der Waals surface area contributed by atoms with Crippen molar-refractivity contribution >= 4 is 46.2 Å². The molecule has 0 N–H and O–H groups in total. The van der Waals surface area contributed by atoms with Gasteiger partial charge in [0.2, 0.25) is 0 Å². The third-order valence-electron chi connectivity index (χ3n) is 4.29. The molecule has 1 aliphatic heterocycles. The number of benzene rings is 2. The molecule has 0 aromatic heterocycles. The van der Waals surface area contributed by atoms with Crippen molar-refractivity contribution in [2.45, 2.75) is 6.04 Å². The lowest BCUT2D eigenvalue weighted by molar-refractivity contribution is 0.414. The minimum Gasteiger partial charge on any atom is -0.496 e. The summed E-state index contributed by atoms with van der Waals surface area (Å²) in [5.74, 6) is 1.77. The Morgan fingerprint density at radius 3 is 2.68 bits per heavy atom. The van der Waals surface area contributed by atoms with E-state index in [4.69, 9.17) is 44.5 Å². The van der Waals surface area contributed by atoms with E-state index in [2.05, 4.69) is 4.90 Å². The summed E-state index contributed by atoms with van der Waals surface area (Å²) in [6.07, 6.45) is 0. The zero-order valence-corrected chi connectivity index (χ0v) is 16.2. The average molecular weight is 398 g/mol. The predicted octanol–water partition coefficient (Wildman–Crippen LogP) is 4.85. The van der Waals surface area contributed by atoms with E-state index < -0.39 is 0 Å². The van der Waals surface area contributed by atoms with Crippen molar-refractivity contribution in [2.24, 2.45) is 4.99 Å². The summed E-state index contributed by atoms with van der Waals surface area (Å²) in [4.78, 5) is 7.10. The molecule has 1 unspecified atom stereocenters. The summed E-state index contributed by atoms with van der Waals surface area (Å²) in [7, 11) is 1.66. The van der Waals surface area contributed by atoms with E-state index in [1.54, 1.807) is 7.11 Å². The van der Waals surface area contributed by atoms with Crippen LogP contribution in [-0.4, -0.2) is 43.7 Å². The van der Waals surface area contributed by atoms with Gasteiger partial charge in [-0.2, -0.15) is 0 Å². The van der Waals surface area contributed by atoms with Crippen LogP contribution >= 0.6 is 34.8 Å². The molecule has 2 aromatic rings. The fourth-order valence-electron chi connectivity index (χ4n) is 3.12. The van der Waals surface area contributed by atoms with E-state index in [9.17, 15) is 0 Å². The number of hydrogen-bond donors (Lipinski definition) is 0. The molecular weight excluding hydrogens is 379 g/mol.